The molecule has 0 saturated carbocycles. The summed E-state index contributed by atoms with van der Waals surface area (Å²) in [5.41, 5.74) is 0.999. The van der Waals surface area contributed by atoms with Gasteiger partial charge >= 0.3 is 0 Å². The maximum absolute atomic E-state index is 12.6. The Morgan fingerprint density at radius 3 is 2.35 bits per heavy atom. The maximum atomic E-state index is 12.6. The van der Waals surface area contributed by atoms with Crippen molar-refractivity contribution in [2.45, 2.75) is 17.7 Å². The van der Waals surface area contributed by atoms with Gasteiger partial charge in [-0.3, -0.25) is 4.79 Å². The molecule has 1 aliphatic rings. The van der Waals surface area contributed by atoms with Gasteiger partial charge in [0.15, 0.2) is 0 Å². The fraction of sp³-hybridized carbons (Fsp3) is 0.235. The number of hydrogen-bond donors (Lipinski definition) is 1. The first-order valence-corrected chi connectivity index (χ1v) is 8.98. The molecule has 1 heterocycles. The lowest BCUT2D eigenvalue weighted by Gasteiger charge is -2.16. The van der Waals surface area contributed by atoms with Crippen LogP contribution in [0.4, 0.5) is 5.69 Å². The van der Waals surface area contributed by atoms with Gasteiger partial charge in [0.25, 0.3) is 5.91 Å². The number of amides is 1. The zero-order valence-corrected chi connectivity index (χ0v) is 13.4. The van der Waals surface area contributed by atoms with E-state index in [9.17, 15) is 13.2 Å². The summed E-state index contributed by atoms with van der Waals surface area (Å²) in [4.78, 5) is 12.5. The van der Waals surface area contributed by atoms with Gasteiger partial charge in [-0.1, -0.05) is 24.3 Å². The summed E-state index contributed by atoms with van der Waals surface area (Å²) in [6.45, 7) is 1.09. The zero-order valence-electron chi connectivity index (χ0n) is 12.6. The summed E-state index contributed by atoms with van der Waals surface area (Å²) in [5, 5.41) is 2.76. The van der Waals surface area contributed by atoms with Gasteiger partial charge in [-0.2, -0.15) is 4.31 Å². The molecule has 2 aromatic rings. The highest BCUT2D eigenvalue weighted by atomic mass is 32.2. The Kier molecular flexibility index (Phi) is 4.45. The Hall–Kier alpha value is -2.18. The van der Waals surface area contributed by atoms with Crippen LogP contribution in [0, 0.1) is 0 Å². The third-order valence-electron chi connectivity index (χ3n) is 3.83. The Morgan fingerprint density at radius 2 is 1.65 bits per heavy atom. The van der Waals surface area contributed by atoms with E-state index in [-0.39, 0.29) is 10.8 Å². The van der Waals surface area contributed by atoms with Crippen molar-refractivity contribution in [3.8, 4) is 0 Å². The molecule has 0 radical (unpaired) electrons. The monoisotopic (exact) mass is 330 g/mol. The Labute approximate surface area is 136 Å². The van der Waals surface area contributed by atoms with Crippen LogP contribution < -0.4 is 5.32 Å². The second-order valence-electron chi connectivity index (χ2n) is 5.46. The molecule has 0 bridgehead atoms. The predicted molar refractivity (Wildman–Crippen MR) is 88.8 cm³/mol. The van der Waals surface area contributed by atoms with Crippen molar-refractivity contribution in [2.75, 3.05) is 18.4 Å². The molecule has 1 amide bonds. The predicted octanol–water partition coefficient (Wildman–Crippen LogP) is 2.72. The van der Waals surface area contributed by atoms with Crippen LogP contribution in [0.15, 0.2) is 59.5 Å². The van der Waals surface area contributed by atoms with Gasteiger partial charge in [-0.05, 0) is 43.2 Å². The number of nitrogens with one attached hydrogen (secondary N) is 1. The first-order valence-electron chi connectivity index (χ1n) is 7.54. The Morgan fingerprint density at radius 1 is 0.957 bits per heavy atom. The fourth-order valence-electron chi connectivity index (χ4n) is 2.60. The molecule has 1 fully saturated rings. The summed E-state index contributed by atoms with van der Waals surface area (Å²) >= 11 is 0. The molecular formula is C17H18N2O3S. The van der Waals surface area contributed by atoms with E-state index in [2.05, 4.69) is 5.32 Å². The van der Waals surface area contributed by atoms with E-state index in [1.54, 1.807) is 24.3 Å². The average Bonchev–Trinajstić information content (AvgIpc) is 3.11. The molecular weight excluding hydrogens is 312 g/mol. The van der Waals surface area contributed by atoms with Crippen LogP contribution in [0.2, 0.25) is 0 Å². The minimum Gasteiger partial charge on any atom is -0.322 e. The van der Waals surface area contributed by atoms with Crippen LogP contribution >= 0.6 is 0 Å². The Balaban J connectivity index is 1.83. The molecule has 0 aromatic heterocycles. The quantitative estimate of drug-likeness (QED) is 0.937. The van der Waals surface area contributed by atoms with Crippen LogP contribution in [-0.4, -0.2) is 31.7 Å². The highest BCUT2D eigenvalue weighted by Gasteiger charge is 2.27. The molecule has 6 heteroatoms. The zero-order chi connectivity index (χ0) is 16.3. The van der Waals surface area contributed by atoms with Crippen LogP contribution in [-0.2, 0) is 10.0 Å². The molecule has 3 rings (SSSR count). The Bertz CT molecular complexity index is 798. The van der Waals surface area contributed by atoms with Gasteiger partial charge in [0.1, 0.15) is 0 Å². The van der Waals surface area contributed by atoms with Crippen molar-refractivity contribution < 1.29 is 13.2 Å². The number of carbonyl (C=O) groups excluding carboxylic acids is 1. The van der Waals surface area contributed by atoms with Crippen molar-refractivity contribution >= 4 is 21.6 Å². The number of nitrogens with zero attached hydrogens (tertiary/aromatic N) is 1. The second kappa shape index (κ2) is 6.52. The normalized spacial score (nSPS) is 15.5. The fourth-order valence-corrected chi connectivity index (χ4v) is 4.16. The van der Waals surface area contributed by atoms with Gasteiger partial charge in [-0.25, -0.2) is 8.42 Å². The standard InChI is InChI=1S/C17H18N2O3S/c20-17(18-15-8-2-1-3-9-15)14-7-6-10-16(13-14)23(21,22)19-11-4-5-12-19/h1-3,6-10,13H,4-5,11-12H2,(H,18,20). The molecule has 0 aliphatic carbocycles. The largest absolute Gasteiger partial charge is 0.322 e. The van der Waals surface area contributed by atoms with Crippen molar-refractivity contribution in [2.24, 2.45) is 0 Å². The average molecular weight is 330 g/mol. The van der Waals surface area contributed by atoms with Crippen LogP contribution in [0.3, 0.4) is 0 Å². The topological polar surface area (TPSA) is 66.5 Å². The number of carbonyl (C=O) groups is 1. The second-order valence-corrected chi connectivity index (χ2v) is 7.40. The lowest BCUT2D eigenvalue weighted by Crippen LogP contribution is -2.28. The van der Waals surface area contributed by atoms with E-state index in [0.717, 1.165) is 12.8 Å². The summed E-state index contributed by atoms with van der Waals surface area (Å²) in [7, 11) is -3.51. The molecule has 0 unspecified atom stereocenters. The maximum Gasteiger partial charge on any atom is 0.255 e. The summed E-state index contributed by atoms with van der Waals surface area (Å²) in [6.07, 6.45) is 1.76. The molecule has 120 valence electrons. The summed E-state index contributed by atoms with van der Waals surface area (Å²) < 4.78 is 26.6. The third-order valence-corrected chi connectivity index (χ3v) is 5.73. The van der Waals surface area contributed by atoms with Gasteiger partial charge in [0.05, 0.1) is 4.90 Å². The van der Waals surface area contributed by atoms with Crippen LogP contribution in [0.1, 0.15) is 23.2 Å². The van der Waals surface area contributed by atoms with Crippen molar-refractivity contribution in [3.05, 3.63) is 60.2 Å². The first kappa shape index (κ1) is 15.7. The van der Waals surface area contributed by atoms with E-state index in [4.69, 9.17) is 0 Å². The molecule has 23 heavy (non-hydrogen) atoms. The number of benzene rings is 2. The highest BCUT2D eigenvalue weighted by molar-refractivity contribution is 7.89. The third kappa shape index (κ3) is 3.43. The van der Waals surface area contributed by atoms with Gasteiger partial charge in [0, 0.05) is 24.3 Å². The number of hydrogen-bond acceptors (Lipinski definition) is 3. The van der Waals surface area contributed by atoms with Crippen molar-refractivity contribution in [1.82, 2.24) is 4.31 Å². The van der Waals surface area contributed by atoms with Gasteiger partial charge in [0.2, 0.25) is 10.0 Å². The van der Waals surface area contributed by atoms with E-state index >= 15 is 0 Å². The van der Waals surface area contributed by atoms with Crippen LogP contribution in [0.25, 0.3) is 0 Å². The van der Waals surface area contributed by atoms with Crippen LogP contribution in [0.5, 0.6) is 0 Å². The lowest BCUT2D eigenvalue weighted by molar-refractivity contribution is 0.102. The van der Waals surface area contributed by atoms with E-state index in [0.29, 0.717) is 24.3 Å². The van der Waals surface area contributed by atoms with E-state index in [1.807, 2.05) is 18.2 Å². The first-order chi connectivity index (χ1) is 11.1. The smallest absolute Gasteiger partial charge is 0.255 e. The molecule has 0 atom stereocenters. The van der Waals surface area contributed by atoms with Gasteiger partial charge < -0.3 is 5.32 Å². The number of rotatable bonds is 4. The van der Waals surface area contributed by atoms with Crippen molar-refractivity contribution in [1.29, 1.82) is 0 Å². The lowest BCUT2D eigenvalue weighted by atomic mass is 10.2. The summed E-state index contributed by atoms with van der Waals surface area (Å²) in [5.74, 6) is -0.324. The molecule has 1 saturated heterocycles. The van der Waals surface area contributed by atoms with E-state index in [1.165, 1.54) is 16.4 Å². The summed E-state index contributed by atoms with van der Waals surface area (Å²) in [6, 6.07) is 15.3. The number of sulfonamides is 1. The molecule has 5 nitrogen and oxygen atoms in total. The SMILES string of the molecule is O=C(Nc1ccccc1)c1cccc(S(=O)(=O)N2CCCC2)c1. The number of para-hydroxylation sites is 1. The molecule has 2 aromatic carbocycles. The molecule has 1 aliphatic heterocycles. The molecule has 0 spiro atoms. The van der Waals surface area contributed by atoms with E-state index < -0.39 is 10.0 Å². The minimum atomic E-state index is -3.51. The highest BCUT2D eigenvalue weighted by Crippen LogP contribution is 2.22. The van der Waals surface area contributed by atoms with Gasteiger partial charge in [-0.15, -0.1) is 0 Å². The number of anilines is 1. The van der Waals surface area contributed by atoms with Crippen molar-refractivity contribution in [3.63, 3.8) is 0 Å². The molecule has 1 N–H and O–H groups in total. The minimum absolute atomic E-state index is 0.167.